The Morgan fingerprint density at radius 1 is 1.05 bits per heavy atom. The molecule has 3 aromatic rings. The van der Waals surface area contributed by atoms with E-state index in [0.29, 0.717) is 17.4 Å². The van der Waals surface area contributed by atoms with Gasteiger partial charge in [0.25, 0.3) is 15.9 Å². The summed E-state index contributed by atoms with van der Waals surface area (Å²) in [4.78, 5) is 13.3. The van der Waals surface area contributed by atoms with Gasteiger partial charge in [-0.2, -0.15) is 0 Å². The van der Waals surface area contributed by atoms with Gasteiger partial charge in [-0.1, -0.05) is 77.1 Å². The first-order chi connectivity index (χ1) is 18.0. The molecular formula is C30H36N2O5S. The molecule has 8 heteroatoms. The van der Waals surface area contributed by atoms with E-state index in [1.54, 1.807) is 36.4 Å². The number of sulfonamides is 1. The van der Waals surface area contributed by atoms with Crippen LogP contribution in [0.5, 0.6) is 11.5 Å². The fourth-order valence-electron chi connectivity index (χ4n) is 4.34. The molecule has 0 aliphatic carbocycles. The molecule has 0 radical (unpaired) electrons. The van der Waals surface area contributed by atoms with Crippen LogP contribution in [0.4, 0.5) is 5.69 Å². The maximum Gasteiger partial charge on any atom is 0.264 e. The number of nitrogens with zero attached hydrogens (tertiary/aromatic N) is 1. The third kappa shape index (κ3) is 5.96. The molecule has 38 heavy (non-hydrogen) atoms. The Balaban J connectivity index is 1.53. The number of anilines is 1. The van der Waals surface area contributed by atoms with Gasteiger partial charge >= 0.3 is 0 Å². The van der Waals surface area contributed by atoms with Crippen LogP contribution in [0.2, 0.25) is 0 Å². The highest BCUT2D eigenvalue weighted by Gasteiger charge is 2.38. The summed E-state index contributed by atoms with van der Waals surface area (Å²) in [6.45, 7) is 10.8. The third-order valence-corrected chi connectivity index (χ3v) is 8.31. The number of hydrogen-bond donors (Lipinski definition) is 1. The molecule has 0 saturated carbocycles. The molecule has 7 nitrogen and oxygen atoms in total. The summed E-state index contributed by atoms with van der Waals surface area (Å²) >= 11 is 0. The van der Waals surface area contributed by atoms with Crippen molar-refractivity contribution in [3.8, 4) is 11.5 Å². The molecule has 1 heterocycles. The molecule has 1 amide bonds. The largest absolute Gasteiger partial charge is 0.491 e. The van der Waals surface area contributed by atoms with Crippen LogP contribution in [0.1, 0.15) is 51.7 Å². The second kappa shape index (κ2) is 11.1. The van der Waals surface area contributed by atoms with E-state index in [1.165, 1.54) is 4.31 Å². The minimum absolute atomic E-state index is 0.138. The van der Waals surface area contributed by atoms with Gasteiger partial charge in [0.05, 0.1) is 23.7 Å². The molecule has 0 fully saturated rings. The zero-order valence-electron chi connectivity index (χ0n) is 22.6. The molecule has 0 saturated heterocycles. The van der Waals surface area contributed by atoms with Crippen molar-refractivity contribution in [3.63, 3.8) is 0 Å². The Morgan fingerprint density at radius 3 is 2.42 bits per heavy atom. The first-order valence-corrected chi connectivity index (χ1v) is 14.3. The zero-order chi connectivity index (χ0) is 27.5. The highest BCUT2D eigenvalue weighted by atomic mass is 32.2. The first-order valence-electron chi connectivity index (χ1n) is 12.9. The van der Waals surface area contributed by atoms with Crippen molar-refractivity contribution in [1.82, 2.24) is 5.32 Å². The molecule has 1 aliphatic heterocycles. The lowest BCUT2D eigenvalue weighted by Crippen LogP contribution is -2.51. The molecule has 0 spiro atoms. The van der Waals surface area contributed by atoms with Crippen molar-refractivity contribution >= 4 is 21.6 Å². The topological polar surface area (TPSA) is 84.9 Å². The minimum atomic E-state index is -3.93. The summed E-state index contributed by atoms with van der Waals surface area (Å²) in [5.74, 6) is 1.05. The number of fused-ring (bicyclic) bond motifs is 1. The molecule has 202 valence electrons. The number of amides is 1. The second-order valence-electron chi connectivity index (χ2n) is 10.7. The number of nitrogens with one attached hydrogen (secondary N) is 1. The van der Waals surface area contributed by atoms with Gasteiger partial charge in [0.2, 0.25) is 0 Å². The summed E-state index contributed by atoms with van der Waals surface area (Å²) < 4.78 is 40.6. The van der Waals surface area contributed by atoms with Gasteiger partial charge in [0.15, 0.2) is 6.10 Å². The lowest BCUT2D eigenvalue weighted by Gasteiger charge is -2.36. The molecule has 1 N–H and O–H groups in total. The Hall–Kier alpha value is -3.52. The Morgan fingerprint density at radius 2 is 1.74 bits per heavy atom. The lowest BCUT2D eigenvalue weighted by atomic mass is 9.86. The smallest absolute Gasteiger partial charge is 0.264 e. The highest BCUT2D eigenvalue weighted by Crippen LogP contribution is 2.40. The highest BCUT2D eigenvalue weighted by molar-refractivity contribution is 7.92. The average molecular weight is 537 g/mol. The number of ether oxygens (including phenoxy) is 2. The zero-order valence-corrected chi connectivity index (χ0v) is 23.4. The lowest BCUT2D eigenvalue weighted by molar-refractivity contribution is -0.127. The van der Waals surface area contributed by atoms with E-state index in [-0.39, 0.29) is 30.0 Å². The van der Waals surface area contributed by atoms with Crippen LogP contribution in [0.25, 0.3) is 0 Å². The Bertz CT molecular complexity index is 1380. The van der Waals surface area contributed by atoms with E-state index in [9.17, 15) is 13.2 Å². The Kier molecular flexibility index (Phi) is 8.02. The van der Waals surface area contributed by atoms with Gasteiger partial charge in [0, 0.05) is 0 Å². The van der Waals surface area contributed by atoms with E-state index in [4.69, 9.17) is 9.47 Å². The number of rotatable bonds is 8. The van der Waals surface area contributed by atoms with E-state index >= 15 is 0 Å². The fraction of sp³-hybridized carbons (Fsp3) is 0.367. The first kappa shape index (κ1) is 27.5. The molecule has 1 atom stereocenters. The van der Waals surface area contributed by atoms with Crippen molar-refractivity contribution < 1.29 is 22.7 Å². The fourth-order valence-corrected chi connectivity index (χ4v) is 5.83. The second-order valence-corrected chi connectivity index (χ2v) is 12.6. The predicted octanol–water partition coefficient (Wildman–Crippen LogP) is 5.26. The van der Waals surface area contributed by atoms with Crippen LogP contribution in [0.3, 0.4) is 0 Å². The van der Waals surface area contributed by atoms with Crippen LogP contribution in [-0.2, 0) is 20.2 Å². The SMILES string of the molecule is CC(C)c1ccccc1OCCNC(=O)C1CN(S(=O)(=O)c2ccccc2)c2cc(C(C)(C)C)ccc2O1. The van der Waals surface area contributed by atoms with Gasteiger partial charge < -0.3 is 14.8 Å². The molecule has 4 rings (SSSR count). The normalized spacial score (nSPS) is 15.5. The van der Waals surface area contributed by atoms with Gasteiger partial charge in [-0.05, 0) is 52.8 Å². The number of carbonyl (C=O) groups excluding carboxylic acids is 1. The summed E-state index contributed by atoms with van der Waals surface area (Å²) in [6.07, 6.45) is -1.01. The molecule has 0 bridgehead atoms. The molecule has 0 aromatic heterocycles. The monoisotopic (exact) mass is 536 g/mol. The van der Waals surface area contributed by atoms with Gasteiger partial charge in [-0.15, -0.1) is 0 Å². The molecular weight excluding hydrogens is 500 g/mol. The summed E-state index contributed by atoms with van der Waals surface area (Å²) in [6, 6.07) is 21.6. The predicted molar refractivity (Wildman–Crippen MR) is 150 cm³/mol. The maximum absolute atomic E-state index is 13.7. The quantitative estimate of drug-likeness (QED) is 0.397. The van der Waals surface area contributed by atoms with E-state index in [1.807, 2.05) is 36.4 Å². The van der Waals surface area contributed by atoms with Crippen molar-refractivity contribution in [2.75, 3.05) is 24.0 Å². The molecule has 1 unspecified atom stereocenters. The van der Waals surface area contributed by atoms with Crippen LogP contribution in [0, 0.1) is 0 Å². The maximum atomic E-state index is 13.7. The Labute approximate surface area is 225 Å². The van der Waals surface area contributed by atoms with Crippen LogP contribution in [-0.4, -0.2) is 40.1 Å². The van der Waals surface area contributed by atoms with Gasteiger partial charge in [-0.25, -0.2) is 8.42 Å². The molecule has 3 aromatic carbocycles. The van der Waals surface area contributed by atoms with Crippen LogP contribution < -0.4 is 19.1 Å². The number of benzene rings is 3. The number of para-hydroxylation sites is 1. The van der Waals surface area contributed by atoms with E-state index < -0.39 is 22.0 Å². The van der Waals surface area contributed by atoms with Gasteiger partial charge in [-0.3, -0.25) is 9.10 Å². The number of carbonyl (C=O) groups is 1. The standard InChI is InChI=1S/C30H36N2O5S/c1-21(2)24-13-9-10-14-26(24)36-18-17-31-29(33)28-20-32(38(34,35)23-11-7-6-8-12-23)25-19-22(30(3,4)5)15-16-27(25)37-28/h6-16,19,21,28H,17-18,20H2,1-5H3,(H,31,33). The number of hydrogen-bond acceptors (Lipinski definition) is 5. The van der Waals surface area contributed by atoms with Crippen molar-refractivity contribution in [2.24, 2.45) is 0 Å². The third-order valence-electron chi connectivity index (χ3n) is 6.52. The van der Waals surface area contributed by atoms with Gasteiger partial charge in [0.1, 0.15) is 18.1 Å². The van der Waals surface area contributed by atoms with Crippen molar-refractivity contribution in [3.05, 3.63) is 83.9 Å². The van der Waals surface area contributed by atoms with Crippen LogP contribution >= 0.6 is 0 Å². The van der Waals surface area contributed by atoms with Crippen LogP contribution in [0.15, 0.2) is 77.7 Å². The van der Waals surface area contributed by atoms with E-state index in [2.05, 4.69) is 39.9 Å². The summed E-state index contributed by atoms with van der Waals surface area (Å²) in [7, 11) is -3.93. The molecule has 1 aliphatic rings. The summed E-state index contributed by atoms with van der Waals surface area (Å²) in [5, 5.41) is 2.84. The van der Waals surface area contributed by atoms with Crippen molar-refractivity contribution in [1.29, 1.82) is 0 Å². The van der Waals surface area contributed by atoms with Crippen molar-refractivity contribution in [2.45, 2.75) is 57.0 Å². The van der Waals surface area contributed by atoms with E-state index in [0.717, 1.165) is 16.9 Å². The average Bonchev–Trinajstić information content (AvgIpc) is 2.90. The minimum Gasteiger partial charge on any atom is -0.491 e. The summed E-state index contributed by atoms with van der Waals surface area (Å²) in [5.41, 5.74) is 2.30.